The maximum atomic E-state index is 14.5. The third kappa shape index (κ3) is 7.06. The van der Waals surface area contributed by atoms with Crippen LogP contribution < -0.4 is 21.1 Å². The Morgan fingerprint density at radius 1 is 1.13 bits per heavy atom. The molecule has 1 aromatic heterocycles. The van der Waals surface area contributed by atoms with Gasteiger partial charge in [-0.05, 0) is 47.0 Å². The highest BCUT2D eigenvalue weighted by Crippen LogP contribution is 2.34. The molecule has 14 nitrogen and oxygen atoms in total. The molecule has 3 aromatic carbocycles. The van der Waals surface area contributed by atoms with E-state index in [-0.39, 0.29) is 63.3 Å². The molecular formula is C35H31Cl2N9O5S. The number of nitrogens with two attached hydrogens (primary N) is 1. The van der Waals surface area contributed by atoms with Crippen LogP contribution in [0.15, 0.2) is 66.9 Å². The second-order valence-electron chi connectivity index (χ2n) is 12.3. The van der Waals surface area contributed by atoms with E-state index in [1.807, 2.05) is 30.3 Å². The van der Waals surface area contributed by atoms with Crippen LogP contribution in [0.25, 0.3) is 10.2 Å². The molecule has 2 saturated heterocycles. The van der Waals surface area contributed by atoms with Gasteiger partial charge in [0, 0.05) is 31.8 Å². The molecule has 2 fully saturated rings. The minimum Gasteiger partial charge on any atom is -0.483 e. The van der Waals surface area contributed by atoms with Gasteiger partial charge in [-0.25, -0.2) is 14.8 Å². The Balaban J connectivity index is 1.20. The summed E-state index contributed by atoms with van der Waals surface area (Å²) in [5, 5.41) is 19.5. The Hall–Kier alpha value is -5.40. The van der Waals surface area contributed by atoms with Gasteiger partial charge in [-0.3, -0.25) is 14.4 Å². The molecule has 4 aromatic rings. The van der Waals surface area contributed by atoms with Gasteiger partial charge in [0.25, 0.3) is 0 Å². The average molecular weight is 761 g/mol. The highest BCUT2D eigenvalue weighted by Gasteiger charge is 2.52. The number of hydrogen-bond donors (Lipinski definition) is 3. The number of nitrogen functional groups attached to an aromatic ring is 1. The normalized spacial score (nSPS) is 19.2. The first-order chi connectivity index (χ1) is 25.1. The fourth-order valence-corrected chi connectivity index (χ4v) is 7.70. The van der Waals surface area contributed by atoms with Crippen molar-refractivity contribution in [3.05, 3.63) is 93.6 Å². The number of ketones is 1. The van der Waals surface area contributed by atoms with Gasteiger partial charge in [0.05, 0.1) is 45.1 Å². The first-order valence-corrected chi connectivity index (χ1v) is 17.7. The maximum Gasteiger partial charge on any atom is 0.333 e. The maximum absolute atomic E-state index is 14.5. The molecular weight excluding hydrogens is 729 g/mol. The Morgan fingerprint density at radius 2 is 1.96 bits per heavy atom. The summed E-state index contributed by atoms with van der Waals surface area (Å²) >= 11 is 13.6. The molecule has 3 aliphatic heterocycles. The van der Waals surface area contributed by atoms with Gasteiger partial charge in [-0.15, -0.1) is 0 Å². The van der Waals surface area contributed by atoms with E-state index in [4.69, 9.17) is 33.7 Å². The fourth-order valence-electron chi connectivity index (χ4n) is 6.60. The van der Waals surface area contributed by atoms with Crippen molar-refractivity contribution in [3.63, 3.8) is 0 Å². The monoisotopic (exact) mass is 759 g/mol. The van der Waals surface area contributed by atoms with E-state index in [9.17, 15) is 24.4 Å². The molecule has 0 bridgehead atoms. The summed E-state index contributed by atoms with van der Waals surface area (Å²) in [6, 6.07) is 16.4. The minimum atomic E-state index is -0.955. The quantitative estimate of drug-likeness (QED) is 0.221. The molecule has 0 unspecified atom stereocenters. The van der Waals surface area contributed by atoms with Crippen molar-refractivity contribution >= 4 is 79.2 Å². The lowest BCUT2D eigenvalue weighted by Gasteiger charge is -2.46. The van der Waals surface area contributed by atoms with Crippen LogP contribution in [0.5, 0.6) is 5.75 Å². The number of rotatable bonds is 8. The summed E-state index contributed by atoms with van der Waals surface area (Å²) in [6.07, 6.45) is 2.27. The van der Waals surface area contributed by atoms with E-state index in [0.717, 1.165) is 15.8 Å². The van der Waals surface area contributed by atoms with Gasteiger partial charge >= 0.3 is 6.03 Å². The van der Waals surface area contributed by atoms with Gasteiger partial charge in [0.15, 0.2) is 17.5 Å². The molecule has 4 N–H and O–H groups in total. The largest absolute Gasteiger partial charge is 0.483 e. The lowest BCUT2D eigenvalue weighted by molar-refractivity contribution is -0.157. The van der Waals surface area contributed by atoms with E-state index in [1.165, 1.54) is 33.5 Å². The third-order valence-corrected chi connectivity index (χ3v) is 10.6. The van der Waals surface area contributed by atoms with Gasteiger partial charge < -0.3 is 30.9 Å². The minimum absolute atomic E-state index is 0.0531. The molecule has 0 saturated carbocycles. The number of ether oxygens (including phenoxy) is 1. The number of carbonyl (C=O) groups excluding carboxylic acids is 4. The number of hydrogen-bond acceptors (Lipinski definition) is 11. The van der Waals surface area contributed by atoms with Crippen molar-refractivity contribution in [1.29, 1.82) is 5.26 Å². The van der Waals surface area contributed by atoms with Gasteiger partial charge in [-0.1, -0.05) is 58.8 Å². The zero-order valence-electron chi connectivity index (χ0n) is 27.4. The molecule has 0 spiro atoms. The highest BCUT2D eigenvalue weighted by molar-refractivity contribution is 7.22. The number of thiazole rings is 1. The van der Waals surface area contributed by atoms with E-state index in [1.54, 1.807) is 40.2 Å². The van der Waals surface area contributed by atoms with Crippen molar-refractivity contribution in [3.8, 4) is 11.8 Å². The lowest BCUT2D eigenvalue weighted by atomic mass is 9.99. The zero-order valence-corrected chi connectivity index (χ0v) is 29.7. The molecule has 2 atom stereocenters. The van der Waals surface area contributed by atoms with Crippen LogP contribution in [0.1, 0.15) is 16.7 Å². The number of carbonyl (C=O) groups is 4. The summed E-state index contributed by atoms with van der Waals surface area (Å²) in [6.45, 7) is -0.396. The Bertz CT molecular complexity index is 2170. The second-order valence-corrected chi connectivity index (χ2v) is 14.2. The van der Waals surface area contributed by atoms with E-state index < -0.39 is 18.2 Å². The number of nitrogens with zero attached hydrogens (tertiary/aromatic N) is 6. The van der Waals surface area contributed by atoms with Crippen LogP contribution in [0, 0.1) is 11.3 Å². The van der Waals surface area contributed by atoms with Crippen LogP contribution in [-0.2, 0) is 33.9 Å². The number of hydrazine groups is 1. The van der Waals surface area contributed by atoms with Crippen molar-refractivity contribution < 1.29 is 23.9 Å². The third-order valence-electron chi connectivity index (χ3n) is 8.99. The molecule has 3 aliphatic rings. The summed E-state index contributed by atoms with van der Waals surface area (Å²) < 4.78 is 6.53. The smallest absolute Gasteiger partial charge is 0.333 e. The summed E-state index contributed by atoms with van der Waals surface area (Å²) in [4.78, 5) is 61.6. The topological polar surface area (TPSA) is 177 Å². The number of anilines is 2. The molecule has 0 radical (unpaired) electrons. The number of benzene rings is 3. The first-order valence-electron chi connectivity index (χ1n) is 16.2. The number of nitrogens with one attached hydrogen (secondary N) is 2. The van der Waals surface area contributed by atoms with E-state index in [2.05, 4.69) is 15.6 Å². The number of aromatic nitrogens is 1. The Morgan fingerprint density at radius 3 is 2.77 bits per heavy atom. The van der Waals surface area contributed by atoms with Gasteiger partial charge in [0.2, 0.25) is 11.8 Å². The van der Waals surface area contributed by atoms with Gasteiger partial charge in [-0.2, -0.15) is 10.3 Å². The first kappa shape index (κ1) is 35.0. The number of para-hydroxylation sites is 1. The molecule has 266 valence electrons. The molecule has 4 amide bonds. The van der Waals surface area contributed by atoms with Crippen LogP contribution >= 0.6 is 34.5 Å². The molecule has 0 aliphatic carbocycles. The highest BCUT2D eigenvalue weighted by atomic mass is 35.5. The number of amides is 4. The molecule has 52 heavy (non-hydrogen) atoms. The van der Waals surface area contributed by atoms with Crippen LogP contribution in [0.4, 0.5) is 15.6 Å². The van der Waals surface area contributed by atoms with Crippen LogP contribution in [0.3, 0.4) is 0 Å². The Labute approximate surface area is 311 Å². The lowest BCUT2D eigenvalue weighted by Crippen LogP contribution is -2.66. The summed E-state index contributed by atoms with van der Waals surface area (Å²) in [5.41, 5.74) is 9.50. The fraction of sp³-hybridized carbons (Fsp3) is 0.257. The SMILES string of the molecule is N#CCN(C(=O)NCc1ccc(Cl)c(Cl)c1)N1CC(=O)N2[C@@H](Cc3ccc4c(c3)N/C=C/C(=O)CO4)C(=O)N(Cc3cccc4sc(N)nc34)C[C@@H]21. The standard InChI is InChI=1S/C35H31Cl2N9O5S/c36-24-6-4-21(12-25(24)37)15-41-35(50)44(11-9-38)45-18-31(48)46-27(14-20-5-7-28-26(13-20)40-10-8-23(47)19-51-28)33(49)43(17-30(45)46)16-22-2-1-3-29-32(22)42-34(39)52-29/h1-8,10,12-13,27,30,40H,11,14-19H2,(H2,39,42)(H,41,50)/b10-8+/t27-,30+/m0/s1. The van der Waals surface area contributed by atoms with Crippen molar-refractivity contribution in [2.24, 2.45) is 0 Å². The number of nitriles is 1. The summed E-state index contributed by atoms with van der Waals surface area (Å²) in [7, 11) is 0. The van der Waals surface area contributed by atoms with Gasteiger partial charge in [0.1, 0.15) is 24.5 Å². The predicted octanol–water partition coefficient (Wildman–Crippen LogP) is 4.15. The molecule has 7 rings (SSSR count). The number of urea groups is 1. The molecule has 4 heterocycles. The van der Waals surface area contributed by atoms with Crippen molar-refractivity contribution in [2.75, 3.05) is 37.3 Å². The van der Waals surface area contributed by atoms with Crippen LogP contribution in [0.2, 0.25) is 10.0 Å². The second kappa shape index (κ2) is 14.7. The number of piperazine rings is 1. The van der Waals surface area contributed by atoms with Crippen LogP contribution in [-0.4, -0.2) is 86.9 Å². The summed E-state index contributed by atoms with van der Waals surface area (Å²) in [5.74, 6) is -0.382. The number of halogens is 2. The Kier molecular flexibility index (Phi) is 9.89. The molecule has 17 heteroatoms. The number of fused-ring (bicyclic) bond motifs is 3. The predicted molar refractivity (Wildman–Crippen MR) is 195 cm³/mol. The van der Waals surface area contributed by atoms with E-state index in [0.29, 0.717) is 37.7 Å². The average Bonchev–Trinajstić information content (AvgIpc) is 3.66. The van der Waals surface area contributed by atoms with Crippen molar-refractivity contribution in [1.82, 2.24) is 30.1 Å². The van der Waals surface area contributed by atoms with E-state index >= 15 is 0 Å². The zero-order chi connectivity index (χ0) is 36.5. The van der Waals surface area contributed by atoms with Crippen molar-refractivity contribution in [2.45, 2.75) is 31.7 Å².